The number of hydrazine groups is 1. The van der Waals surface area contributed by atoms with Gasteiger partial charge in [0.2, 0.25) is 5.75 Å². The monoisotopic (exact) mass is 263 g/mol. The number of hydrogen-bond acceptors (Lipinski definition) is 6. The fourth-order valence-corrected chi connectivity index (χ4v) is 1.61. The van der Waals surface area contributed by atoms with Gasteiger partial charge in [-0.1, -0.05) is 6.07 Å². The molecule has 0 saturated heterocycles. The number of anilines is 1. The van der Waals surface area contributed by atoms with Crippen molar-refractivity contribution in [3.63, 3.8) is 0 Å². The summed E-state index contributed by atoms with van der Waals surface area (Å²) in [6.45, 7) is 2.62. The van der Waals surface area contributed by atoms with Crippen molar-refractivity contribution in [3.05, 3.63) is 40.7 Å². The molecular formula is C11H13N5O3. The van der Waals surface area contributed by atoms with Crippen LogP contribution in [-0.2, 0) is 6.54 Å². The predicted molar refractivity (Wildman–Crippen MR) is 68.9 cm³/mol. The highest BCUT2D eigenvalue weighted by molar-refractivity contribution is 5.68. The number of nitrogens with two attached hydrogens (primary N) is 1. The van der Waals surface area contributed by atoms with E-state index in [1.54, 1.807) is 16.9 Å². The topological polar surface area (TPSA) is 108 Å². The first kappa shape index (κ1) is 12.8. The van der Waals surface area contributed by atoms with E-state index in [2.05, 4.69) is 10.5 Å². The molecule has 0 aliphatic rings. The van der Waals surface area contributed by atoms with Gasteiger partial charge in [0.15, 0.2) is 5.75 Å². The highest BCUT2D eigenvalue weighted by Crippen LogP contribution is 2.36. The van der Waals surface area contributed by atoms with E-state index in [9.17, 15) is 10.1 Å². The van der Waals surface area contributed by atoms with Gasteiger partial charge < -0.3 is 10.2 Å². The average Bonchev–Trinajstić information content (AvgIpc) is 2.85. The molecule has 8 nitrogen and oxygen atoms in total. The number of nitro groups is 1. The number of ether oxygens (including phenoxy) is 1. The first-order valence-electron chi connectivity index (χ1n) is 5.60. The van der Waals surface area contributed by atoms with Gasteiger partial charge in [0, 0.05) is 6.54 Å². The van der Waals surface area contributed by atoms with Gasteiger partial charge in [0.25, 0.3) is 0 Å². The summed E-state index contributed by atoms with van der Waals surface area (Å²) in [7, 11) is 0. The molecule has 0 fully saturated rings. The first-order chi connectivity index (χ1) is 9.15. The van der Waals surface area contributed by atoms with E-state index < -0.39 is 4.92 Å². The average molecular weight is 263 g/mol. The molecule has 0 atom stereocenters. The lowest BCUT2D eigenvalue weighted by Gasteiger charge is -2.07. The number of aryl methyl sites for hydroxylation is 1. The number of nitrogens with zero attached hydrogens (tertiary/aromatic N) is 3. The zero-order chi connectivity index (χ0) is 13.8. The van der Waals surface area contributed by atoms with Crippen LogP contribution in [0.2, 0.25) is 0 Å². The summed E-state index contributed by atoms with van der Waals surface area (Å²) >= 11 is 0. The number of benzene rings is 1. The van der Waals surface area contributed by atoms with Gasteiger partial charge in [-0.05, 0) is 19.1 Å². The maximum absolute atomic E-state index is 11.1. The molecule has 0 spiro atoms. The van der Waals surface area contributed by atoms with Crippen molar-refractivity contribution in [3.8, 4) is 11.5 Å². The number of rotatable bonds is 5. The number of hydrogen-bond donors (Lipinski definition) is 2. The third-order valence-corrected chi connectivity index (χ3v) is 2.50. The van der Waals surface area contributed by atoms with E-state index in [0.717, 1.165) is 0 Å². The summed E-state index contributed by atoms with van der Waals surface area (Å²) in [5.41, 5.74) is 2.25. The summed E-state index contributed by atoms with van der Waals surface area (Å²) < 4.78 is 7.13. The quantitative estimate of drug-likeness (QED) is 0.484. The van der Waals surface area contributed by atoms with Crippen molar-refractivity contribution < 1.29 is 9.66 Å². The molecule has 0 radical (unpaired) electrons. The molecule has 2 aromatic rings. The molecular weight excluding hydrogens is 250 g/mol. The van der Waals surface area contributed by atoms with Crippen LogP contribution in [0.15, 0.2) is 30.6 Å². The van der Waals surface area contributed by atoms with Crippen molar-refractivity contribution in [2.75, 3.05) is 5.43 Å². The third kappa shape index (κ3) is 2.63. The highest BCUT2D eigenvalue weighted by Gasteiger charge is 2.21. The van der Waals surface area contributed by atoms with Crippen molar-refractivity contribution >= 4 is 11.4 Å². The zero-order valence-corrected chi connectivity index (χ0v) is 10.2. The van der Waals surface area contributed by atoms with Crippen LogP contribution >= 0.6 is 0 Å². The summed E-state index contributed by atoms with van der Waals surface area (Å²) in [5, 5.41) is 15.1. The van der Waals surface area contributed by atoms with Crippen molar-refractivity contribution in [1.82, 2.24) is 9.78 Å². The fourth-order valence-electron chi connectivity index (χ4n) is 1.61. The van der Waals surface area contributed by atoms with Crippen LogP contribution in [0.3, 0.4) is 0 Å². The molecule has 1 aromatic heterocycles. The van der Waals surface area contributed by atoms with Crippen molar-refractivity contribution in [2.45, 2.75) is 13.5 Å². The van der Waals surface area contributed by atoms with Crippen LogP contribution in [0.4, 0.5) is 11.4 Å². The van der Waals surface area contributed by atoms with Gasteiger partial charge in [-0.2, -0.15) is 5.10 Å². The van der Waals surface area contributed by atoms with Crippen LogP contribution in [0.25, 0.3) is 0 Å². The molecule has 1 heterocycles. The lowest BCUT2D eigenvalue weighted by atomic mass is 10.2. The minimum absolute atomic E-state index is 0.108. The number of nitrogens with one attached hydrogen (secondary N) is 1. The Labute approximate surface area is 108 Å². The summed E-state index contributed by atoms with van der Waals surface area (Å²) in [6.07, 6.45) is 3.15. The maximum Gasteiger partial charge on any atom is 0.335 e. The SMILES string of the molecule is CCn1cc(Oc2cccc(NN)c2[N+](=O)[O-])cn1. The normalized spacial score (nSPS) is 10.2. The molecule has 0 bridgehead atoms. The third-order valence-electron chi connectivity index (χ3n) is 2.50. The molecule has 19 heavy (non-hydrogen) atoms. The van der Waals surface area contributed by atoms with E-state index >= 15 is 0 Å². The Kier molecular flexibility index (Phi) is 3.62. The maximum atomic E-state index is 11.1. The van der Waals surface area contributed by atoms with Gasteiger partial charge in [-0.25, -0.2) is 0 Å². The predicted octanol–water partition coefficient (Wildman–Crippen LogP) is 1.89. The first-order valence-corrected chi connectivity index (χ1v) is 5.60. The molecule has 8 heteroatoms. The molecule has 2 rings (SSSR count). The Balaban J connectivity index is 2.36. The number of nitro benzene ring substituents is 1. The van der Waals surface area contributed by atoms with E-state index in [1.807, 2.05) is 6.92 Å². The molecule has 1 aromatic carbocycles. The Morgan fingerprint density at radius 3 is 2.95 bits per heavy atom. The number of aromatic nitrogens is 2. The van der Waals surface area contributed by atoms with Crippen molar-refractivity contribution in [1.29, 1.82) is 0 Å². The molecule has 3 N–H and O–H groups in total. The second kappa shape index (κ2) is 5.36. The highest BCUT2D eigenvalue weighted by atomic mass is 16.6. The fraction of sp³-hybridized carbons (Fsp3) is 0.182. The molecule has 100 valence electrons. The van der Waals surface area contributed by atoms with Gasteiger partial charge in [0.05, 0.1) is 17.3 Å². The Morgan fingerprint density at radius 1 is 1.58 bits per heavy atom. The van der Waals surface area contributed by atoms with Gasteiger partial charge in [-0.3, -0.25) is 20.6 Å². The van der Waals surface area contributed by atoms with Crippen LogP contribution in [-0.4, -0.2) is 14.7 Å². The largest absolute Gasteiger partial charge is 0.447 e. The smallest absolute Gasteiger partial charge is 0.335 e. The molecule has 0 aliphatic carbocycles. The minimum Gasteiger partial charge on any atom is -0.447 e. The molecule has 0 unspecified atom stereocenters. The minimum atomic E-state index is -0.547. The Bertz CT molecular complexity index is 596. The lowest BCUT2D eigenvalue weighted by Crippen LogP contribution is -2.09. The molecule has 0 saturated carbocycles. The van der Waals surface area contributed by atoms with E-state index in [-0.39, 0.29) is 17.1 Å². The van der Waals surface area contributed by atoms with E-state index in [1.165, 1.54) is 18.3 Å². The van der Waals surface area contributed by atoms with Crippen LogP contribution in [0.5, 0.6) is 11.5 Å². The van der Waals surface area contributed by atoms with Gasteiger partial charge in [0.1, 0.15) is 5.69 Å². The van der Waals surface area contributed by atoms with Crippen LogP contribution in [0.1, 0.15) is 6.92 Å². The number of nitrogen functional groups attached to an aromatic ring is 1. The second-order valence-corrected chi connectivity index (χ2v) is 3.69. The Hall–Kier alpha value is -2.61. The zero-order valence-electron chi connectivity index (χ0n) is 10.2. The van der Waals surface area contributed by atoms with Crippen LogP contribution < -0.4 is 16.0 Å². The number of para-hydroxylation sites is 1. The summed E-state index contributed by atoms with van der Waals surface area (Å²) in [6, 6.07) is 4.62. The van der Waals surface area contributed by atoms with Crippen molar-refractivity contribution in [2.24, 2.45) is 5.84 Å². The van der Waals surface area contributed by atoms with E-state index in [4.69, 9.17) is 10.6 Å². The summed E-state index contributed by atoms with van der Waals surface area (Å²) in [5.74, 6) is 5.79. The van der Waals surface area contributed by atoms with Gasteiger partial charge in [-0.15, -0.1) is 0 Å². The standard InChI is InChI=1S/C11H13N5O3/c1-2-15-7-8(6-13-15)19-10-5-3-4-9(14-12)11(10)16(17)18/h3-7,14H,2,12H2,1H3. The molecule has 0 amide bonds. The van der Waals surface area contributed by atoms with Crippen LogP contribution in [0, 0.1) is 10.1 Å². The van der Waals surface area contributed by atoms with E-state index in [0.29, 0.717) is 12.3 Å². The summed E-state index contributed by atoms with van der Waals surface area (Å²) in [4.78, 5) is 10.5. The lowest BCUT2D eigenvalue weighted by molar-refractivity contribution is -0.384. The second-order valence-electron chi connectivity index (χ2n) is 3.69. The van der Waals surface area contributed by atoms with Gasteiger partial charge >= 0.3 is 5.69 Å². The molecule has 0 aliphatic heterocycles. The Morgan fingerprint density at radius 2 is 2.37 bits per heavy atom.